The van der Waals surface area contributed by atoms with E-state index in [4.69, 9.17) is 22.9 Å². The van der Waals surface area contributed by atoms with Crippen LogP contribution in [0, 0.1) is 0 Å². The maximum atomic E-state index is 5.65. The molecular formula is C25H40N10S2+2. The van der Waals surface area contributed by atoms with Crippen LogP contribution < -0.4 is 42.7 Å². The molecule has 200 valence electrons. The summed E-state index contributed by atoms with van der Waals surface area (Å²) in [6.45, 7) is 1.90. The lowest BCUT2D eigenvalue weighted by atomic mass is 10.3. The van der Waals surface area contributed by atoms with E-state index in [1.54, 1.807) is 10.8 Å². The van der Waals surface area contributed by atoms with Gasteiger partial charge in [-0.25, -0.2) is 18.7 Å². The largest absolute Gasteiger partial charge is 0.399 e. The van der Waals surface area contributed by atoms with Crippen molar-refractivity contribution in [3.05, 3.63) is 73.3 Å². The second-order valence-corrected chi connectivity index (χ2v) is 10.8. The Hall–Kier alpha value is -3.64. The molecular weight excluding hydrogens is 504 g/mol. The zero-order valence-corrected chi connectivity index (χ0v) is 23.4. The van der Waals surface area contributed by atoms with Gasteiger partial charge in [-0.2, -0.15) is 0 Å². The van der Waals surface area contributed by atoms with Gasteiger partial charge in [-0.1, -0.05) is 21.6 Å². The van der Waals surface area contributed by atoms with Gasteiger partial charge in [-0.15, -0.1) is 0 Å². The lowest BCUT2D eigenvalue weighted by Crippen LogP contribution is -2.29. The van der Waals surface area contributed by atoms with Crippen molar-refractivity contribution in [2.45, 2.75) is 0 Å². The van der Waals surface area contributed by atoms with Crippen LogP contribution in [0.5, 0.6) is 0 Å². The van der Waals surface area contributed by atoms with E-state index in [1.807, 2.05) is 119 Å². The molecule has 0 aliphatic rings. The van der Waals surface area contributed by atoms with Gasteiger partial charge in [0.2, 0.25) is 0 Å². The first-order chi connectivity index (χ1) is 17.8. The minimum atomic E-state index is 0.681. The molecule has 2 aromatic heterocycles. The number of aromatic nitrogens is 4. The number of H-pyrrole nitrogens is 1. The fourth-order valence-electron chi connectivity index (χ4n) is 2.81. The first-order valence-electron chi connectivity index (χ1n) is 11.7. The molecule has 0 fully saturated rings. The molecule has 0 spiro atoms. The van der Waals surface area contributed by atoms with Gasteiger partial charge in [0.25, 0.3) is 0 Å². The second kappa shape index (κ2) is 16.2. The van der Waals surface area contributed by atoms with E-state index in [2.05, 4.69) is 15.6 Å². The minimum Gasteiger partial charge on any atom is -0.399 e. The summed E-state index contributed by atoms with van der Waals surface area (Å²) in [4.78, 5) is 2.81. The van der Waals surface area contributed by atoms with Gasteiger partial charge in [0.1, 0.15) is 0 Å². The molecule has 0 atom stereocenters. The highest BCUT2D eigenvalue weighted by molar-refractivity contribution is 8.76. The first-order valence-corrected chi connectivity index (χ1v) is 14.2. The Bertz CT molecular complexity index is 1070. The molecule has 0 amide bonds. The quantitative estimate of drug-likeness (QED) is 0.0734. The zero-order valence-electron chi connectivity index (χ0n) is 21.7. The van der Waals surface area contributed by atoms with E-state index in [9.17, 15) is 0 Å². The lowest BCUT2D eigenvalue weighted by Gasteiger charge is -2.07. The van der Waals surface area contributed by atoms with Crippen molar-refractivity contribution in [3.63, 3.8) is 0 Å². The number of nitrogens with one attached hydrogen (secondary N) is 3. The van der Waals surface area contributed by atoms with Gasteiger partial charge in [-0.3, -0.25) is 11.5 Å². The Kier molecular flexibility index (Phi) is 12.9. The Morgan fingerprint density at radius 1 is 0.757 bits per heavy atom. The van der Waals surface area contributed by atoms with Gasteiger partial charge in [0, 0.05) is 47.3 Å². The van der Waals surface area contributed by atoms with Crippen molar-refractivity contribution in [3.8, 4) is 0 Å². The van der Waals surface area contributed by atoms with E-state index >= 15 is 0 Å². The highest BCUT2D eigenvalue weighted by Crippen LogP contribution is 2.21. The van der Waals surface area contributed by atoms with Crippen LogP contribution >= 0.6 is 21.6 Å². The summed E-state index contributed by atoms with van der Waals surface area (Å²) >= 11 is 0. The number of anilines is 6. The Labute approximate surface area is 227 Å². The Morgan fingerprint density at radius 3 is 1.51 bits per heavy atom. The molecule has 0 aliphatic heterocycles. The summed E-state index contributed by atoms with van der Waals surface area (Å²) in [6, 6.07) is 15.7. The molecule has 0 aliphatic carbocycles. The fraction of sp³-hybridized carbons (Fsp3) is 0.280. The molecule has 0 saturated heterocycles. The van der Waals surface area contributed by atoms with Crippen molar-refractivity contribution in [2.75, 3.05) is 58.2 Å². The van der Waals surface area contributed by atoms with Gasteiger partial charge in [0.05, 0.1) is 45.9 Å². The Balaban J connectivity index is 0.000000259. The molecule has 2 heterocycles. The lowest BCUT2D eigenvalue weighted by molar-refractivity contribution is -0.656. The third kappa shape index (κ3) is 11.8. The standard InChI is InChI=1S/C16H22N4S2.C5H9N3.C4H7N3/c17-13-1-5-15(6-2-13)19-9-11-21-22-12-10-20-16-7-3-14(18)4-8-16;1-7-3-4-8(2)5(7)6;1-7-3-2-6-4(7)5/h1-8,19-20H,9-12,17-18H2;3-4,6H,1-2H3;2-3H,1H3,(H2,5,6)/p+2. The van der Waals surface area contributed by atoms with Crippen LogP contribution in [-0.2, 0) is 21.1 Å². The van der Waals surface area contributed by atoms with Gasteiger partial charge >= 0.3 is 11.9 Å². The molecule has 4 rings (SSSR count). The summed E-state index contributed by atoms with van der Waals surface area (Å²) in [6.07, 6.45) is 7.47. The summed E-state index contributed by atoms with van der Waals surface area (Å²) in [5.41, 5.74) is 26.0. The van der Waals surface area contributed by atoms with Crippen molar-refractivity contribution in [1.82, 2.24) is 9.55 Å². The van der Waals surface area contributed by atoms with E-state index < -0.39 is 0 Å². The average molecular weight is 545 g/mol. The van der Waals surface area contributed by atoms with Crippen LogP contribution in [0.4, 0.5) is 34.6 Å². The number of hydrogen-bond donors (Lipinski definition) is 7. The molecule has 12 heteroatoms. The van der Waals surface area contributed by atoms with Crippen LogP contribution in [0.25, 0.3) is 0 Å². The zero-order chi connectivity index (χ0) is 27.0. The van der Waals surface area contributed by atoms with Crippen LogP contribution in [-0.4, -0.2) is 34.1 Å². The molecule has 4 aromatic rings. The van der Waals surface area contributed by atoms with Crippen molar-refractivity contribution < 1.29 is 9.13 Å². The van der Waals surface area contributed by atoms with Crippen LogP contribution in [0.1, 0.15) is 0 Å². The van der Waals surface area contributed by atoms with Crippen molar-refractivity contribution >= 4 is 56.2 Å². The number of nitrogens with two attached hydrogens (primary N) is 4. The minimum absolute atomic E-state index is 0.681. The first kappa shape index (κ1) is 29.6. The highest BCUT2D eigenvalue weighted by atomic mass is 33.1. The SMILES string of the molecule is C[n+]1cc[nH]c1N.Cn1cc[n+](C)c1N.Nc1ccc(NCCSSCCNc2ccc(N)cc2)cc1. The van der Waals surface area contributed by atoms with E-state index in [1.165, 1.54) is 0 Å². The van der Waals surface area contributed by atoms with E-state index in [0.29, 0.717) is 5.95 Å². The van der Waals surface area contributed by atoms with E-state index in [0.717, 1.165) is 53.3 Å². The topological polar surface area (TPSA) is 157 Å². The average Bonchev–Trinajstić information content (AvgIpc) is 3.41. The van der Waals surface area contributed by atoms with Crippen LogP contribution in [0.3, 0.4) is 0 Å². The molecule has 37 heavy (non-hydrogen) atoms. The number of aromatic amines is 1. The summed E-state index contributed by atoms with van der Waals surface area (Å²) in [5.74, 6) is 3.58. The Morgan fingerprint density at radius 2 is 1.24 bits per heavy atom. The normalized spacial score (nSPS) is 10.0. The number of rotatable bonds is 9. The third-order valence-corrected chi connectivity index (χ3v) is 7.49. The maximum absolute atomic E-state index is 5.65. The predicted molar refractivity (Wildman–Crippen MR) is 161 cm³/mol. The molecule has 10 nitrogen and oxygen atoms in total. The van der Waals surface area contributed by atoms with E-state index in [-0.39, 0.29) is 0 Å². The molecule has 0 unspecified atom stereocenters. The van der Waals surface area contributed by atoms with Crippen molar-refractivity contribution in [2.24, 2.45) is 21.1 Å². The van der Waals surface area contributed by atoms with Gasteiger partial charge < -0.3 is 22.1 Å². The number of benzene rings is 2. The monoisotopic (exact) mass is 544 g/mol. The summed E-state index contributed by atoms with van der Waals surface area (Å²) in [7, 11) is 9.47. The molecule has 11 N–H and O–H groups in total. The highest BCUT2D eigenvalue weighted by Gasteiger charge is 2.01. The molecule has 0 saturated carbocycles. The fourth-order valence-corrected chi connectivity index (χ4v) is 4.63. The van der Waals surface area contributed by atoms with Crippen LogP contribution in [0.15, 0.2) is 73.3 Å². The maximum Gasteiger partial charge on any atom is 0.354 e. The predicted octanol–water partition coefficient (Wildman–Crippen LogP) is 2.61. The van der Waals surface area contributed by atoms with Gasteiger partial charge in [0.15, 0.2) is 0 Å². The van der Waals surface area contributed by atoms with Gasteiger partial charge in [-0.05, 0) is 48.5 Å². The summed E-state index contributed by atoms with van der Waals surface area (Å²) in [5, 5.41) is 6.75. The second-order valence-electron chi connectivity index (χ2n) is 8.08. The molecule has 0 bridgehead atoms. The number of aryl methyl sites for hydroxylation is 3. The summed E-state index contributed by atoms with van der Waals surface area (Å²) < 4.78 is 5.53. The number of hydrogen-bond acceptors (Lipinski definition) is 8. The molecule has 0 radical (unpaired) electrons. The number of imidazole rings is 2. The smallest absolute Gasteiger partial charge is 0.354 e. The van der Waals surface area contributed by atoms with Crippen LogP contribution in [0.2, 0.25) is 0 Å². The third-order valence-electron chi connectivity index (χ3n) is 5.08. The number of nitrogen functional groups attached to an aromatic ring is 4. The van der Waals surface area contributed by atoms with Crippen molar-refractivity contribution in [1.29, 1.82) is 0 Å². The molecule has 2 aromatic carbocycles. The number of nitrogens with zero attached hydrogens (tertiary/aromatic N) is 3.